The molecule has 3 aromatic carbocycles. The second kappa shape index (κ2) is 10.1. The first-order valence-electron chi connectivity index (χ1n) is 10.9. The van der Waals surface area contributed by atoms with Crippen molar-refractivity contribution in [2.75, 3.05) is 31.1 Å². The first-order chi connectivity index (χ1) is 16.0. The van der Waals surface area contributed by atoms with Gasteiger partial charge in [-0.3, -0.25) is 9.59 Å². The molecule has 7 nitrogen and oxygen atoms in total. The lowest BCUT2D eigenvalue weighted by Gasteiger charge is -2.36. The van der Waals surface area contributed by atoms with Crippen LogP contribution in [-0.4, -0.2) is 48.0 Å². The van der Waals surface area contributed by atoms with E-state index in [1.54, 1.807) is 11.0 Å². The van der Waals surface area contributed by atoms with Gasteiger partial charge in [0.1, 0.15) is 18.1 Å². The van der Waals surface area contributed by atoms with Gasteiger partial charge in [0.25, 0.3) is 0 Å². The number of hydrogen-bond donors (Lipinski definition) is 2. The molecule has 1 aliphatic rings. The number of aromatic hydroxyl groups is 1. The van der Waals surface area contributed by atoms with Crippen LogP contribution in [0.1, 0.15) is 21.5 Å². The fourth-order valence-electron chi connectivity index (χ4n) is 3.96. The third-order valence-electron chi connectivity index (χ3n) is 5.83. The number of nitrogens with two attached hydrogens (primary N) is 1. The van der Waals surface area contributed by atoms with Crippen LogP contribution in [0.5, 0.6) is 11.5 Å². The van der Waals surface area contributed by atoms with Crippen LogP contribution < -0.4 is 15.4 Å². The number of hydrogen-bond acceptors (Lipinski definition) is 5. The zero-order chi connectivity index (χ0) is 23.2. The van der Waals surface area contributed by atoms with Crippen LogP contribution in [0.25, 0.3) is 0 Å². The summed E-state index contributed by atoms with van der Waals surface area (Å²) in [7, 11) is 0. The van der Waals surface area contributed by atoms with E-state index in [0.717, 1.165) is 17.0 Å². The second-order valence-electron chi connectivity index (χ2n) is 7.98. The van der Waals surface area contributed by atoms with Crippen molar-refractivity contribution in [1.82, 2.24) is 4.90 Å². The first kappa shape index (κ1) is 22.2. The highest BCUT2D eigenvalue weighted by atomic mass is 16.5. The van der Waals surface area contributed by atoms with Gasteiger partial charge in [-0.25, -0.2) is 0 Å². The molecular weight excluding hydrogens is 418 g/mol. The van der Waals surface area contributed by atoms with Crippen molar-refractivity contribution in [3.05, 3.63) is 89.5 Å². The molecule has 0 spiro atoms. The monoisotopic (exact) mass is 445 g/mol. The highest BCUT2D eigenvalue weighted by Crippen LogP contribution is 2.24. The molecule has 0 unspecified atom stereocenters. The van der Waals surface area contributed by atoms with Crippen LogP contribution in [-0.2, 0) is 17.8 Å². The largest absolute Gasteiger partial charge is 0.508 e. The normalized spacial score (nSPS) is 13.6. The van der Waals surface area contributed by atoms with Gasteiger partial charge in [-0.1, -0.05) is 36.4 Å². The molecule has 4 rings (SSSR count). The van der Waals surface area contributed by atoms with E-state index in [1.165, 1.54) is 12.1 Å². The SMILES string of the molecule is NC(=O)c1cccc(O)c1CC(=O)N1CCN(c2ccc(OCc3ccccc3)cc2)CC1. The first-order valence-corrected chi connectivity index (χ1v) is 10.9. The summed E-state index contributed by atoms with van der Waals surface area (Å²) < 4.78 is 5.85. The number of piperazine rings is 1. The van der Waals surface area contributed by atoms with Crippen LogP contribution in [0, 0.1) is 0 Å². The molecular formula is C26H27N3O4. The number of primary amides is 1. The van der Waals surface area contributed by atoms with E-state index in [-0.39, 0.29) is 29.2 Å². The lowest BCUT2D eigenvalue weighted by Crippen LogP contribution is -2.49. The molecule has 170 valence electrons. The lowest BCUT2D eigenvalue weighted by atomic mass is 10.0. The van der Waals surface area contributed by atoms with Crippen molar-refractivity contribution >= 4 is 17.5 Å². The summed E-state index contributed by atoms with van der Waals surface area (Å²) in [6.45, 7) is 3.03. The van der Waals surface area contributed by atoms with Gasteiger partial charge in [0.05, 0.1) is 6.42 Å². The van der Waals surface area contributed by atoms with E-state index in [2.05, 4.69) is 4.90 Å². The fourth-order valence-corrected chi connectivity index (χ4v) is 3.96. The standard InChI is InChI=1S/C26H27N3O4/c27-26(32)22-7-4-8-24(30)23(22)17-25(31)29-15-13-28(14-16-29)20-9-11-21(12-10-20)33-18-19-5-2-1-3-6-19/h1-12,30H,13-18H2,(H2,27,32). The van der Waals surface area contributed by atoms with Gasteiger partial charge in [-0.05, 0) is 42.0 Å². The van der Waals surface area contributed by atoms with Crippen LogP contribution in [0.2, 0.25) is 0 Å². The molecule has 1 aliphatic heterocycles. The minimum Gasteiger partial charge on any atom is -0.508 e. The number of phenolic OH excluding ortho intramolecular Hbond substituents is 1. The molecule has 1 saturated heterocycles. The predicted molar refractivity (Wildman–Crippen MR) is 126 cm³/mol. The van der Waals surface area contributed by atoms with Crippen molar-refractivity contribution in [1.29, 1.82) is 0 Å². The van der Waals surface area contributed by atoms with Gasteiger partial charge >= 0.3 is 0 Å². The summed E-state index contributed by atoms with van der Waals surface area (Å²) >= 11 is 0. The number of phenols is 1. The quantitative estimate of drug-likeness (QED) is 0.583. The van der Waals surface area contributed by atoms with E-state index in [9.17, 15) is 14.7 Å². The Morgan fingerprint density at radius 2 is 1.58 bits per heavy atom. The number of nitrogens with zero attached hydrogens (tertiary/aromatic N) is 2. The molecule has 1 heterocycles. The summed E-state index contributed by atoms with van der Waals surface area (Å²) in [5, 5.41) is 10.1. The Bertz CT molecular complexity index is 1110. The Balaban J connectivity index is 1.31. The van der Waals surface area contributed by atoms with Gasteiger partial charge < -0.3 is 25.4 Å². The summed E-state index contributed by atoms with van der Waals surface area (Å²) in [5.74, 6) is -0.0739. The number of anilines is 1. The third kappa shape index (κ3) is 5.44. The molecule has 3 N–H and O–H groups in total. The summed E-state index contributed by atoms with van der Waals surface area (Å²) in [5.41, 5.74) is 8.04. The van der Waals surface area contributed by atoms with Gasteiger partial charge in [0, 0.05) is 43.0 Å². The van der Waals surface area contributed by atoms with Gasteiger partial charge in [-0.15, -0.1) is 0 Å². The van der Waals surface area contributed by atoms with E-state index in [1.807, 2.05) is 54.6 Å². The molecule has 0 aromatic heterocycles. The molecule has 1 fully saturated rings. The zero-order valence-corrected chi connectivity index (χ0v) is 18.3. The van der Waals surface area contributed by atoms with E-state index >= 15 is 0 Å². The number of rotatable bonds is 7. The van der Waals surface area contributed by atoms with Gasteiger partial charge in [0.15, 0.2) is 0 Å². The fraction of sp³-hybridized carbons (Fsp3) is 0.231. The highest BCUT2D eigenvalue weighted by molar-refractivity contribution is 5.96. The van der Waals surface area contributed by atoms with Crippen LogP contribution in [0.4, 0.5) is 5.69 Å². The molecule has 3 aromatic rings. The average molecular weight is 446 g/mol. The Labute approximate surface area is 193 Å². The number of carbonyl (C=O) groups excluding carboxylic acids is 2. The molecule has 7 heteroatoms. The van der Waals surface area contributed by atoms with Crippen LogP contribution >= 0.6 is 0 Å². The number of benzene rings is 3. The minimum atomic E-state index is -0.658. The van der Waals surface area contributed by atoms with Crippen molar-refractivity contribution < 1.29 is 19.4 Å². The topological polar surface area (TPSA) is 96.1 Å². The number of ether oxygens (including phenoxy) is 1. The number of amides is 2. The molecule has 0 aliphatic carbocycles. The Morgan fingerprint density at radius 3 is 2.24 bits per heavy atom. The molecule has 0 radical (unpaired) electrons. The van der Waals surface area contributed by atoms with E-state index < -0.39 is 5.91 Å². The van der Waals surface area contributed by atoms with Crippen molar-refractivity contribution in [2.45, 2.75) is 13.0 Å². The molecule has 33 heavy (non-hydrogen) atoms. The van der Waals surface area contributed by atoms with Crippen molar-refractivity contribution in [3.63, 3.8) is 0 Å². The van der Waals surface area contributed by atoms with Crippen molar-refractivity contribution in [2.24, 2.45) is 5.73 Å². The Kier molecular flexibility index (Phi) is 6.78. The summed E-state index contributed by atoms with van der Waals surface area (Å²) in [6, 6.07) is 22.5. The lowest BCUT2D eigenvalue weighted by molar-refractivity contribution is -0.130. The zero-order valence-electron chi connectivity index (χ0n) is 18.3. The Hall–Kier alpha value is -4.00. The smallest absolute Gasteiger partial charge is 0.249 e. The molecule has 2 amide bonds. The third-order valence-corrected chi connectivity index (χ3v) is 5.83. The van der Waals surface area contributed by atoms with E-state index in [0.29, 0.717) is 32.8 Å². The molecule has 0 bridgehead atoms. The maximum Gasteiger partial charge on any atom is 0.249 e. The second-order valence-corrected chi connectivity index (χ2v) is 7.98. The number of carbonyl (C=O) groups is 2. The Morgan fingerprint density at radius 1 is 0.879 bits per heavy atom. The maximum absolute atomic E-state index is 12.8. The maximum atomic E-state index is 12.8. The van der Waals surface area contributed by atoms with Crippen LogP contribution in [0.15, 0.2) is 72.8 Å². The van der Waals surface area contributed by atoms with Gasteiger partial charge in [-0.2, -0.15) is 0 Å². The molecule has 0 saturated carbocycles. The van der Waals surface area contributed by atoms with Gasteiger partial charge in [0.2, 0.25) is 11.8 Å². The average Bonchev–Trinajstić information content (AvgIpc) is 2.85. The highest BCUT2D eigenvalue weighted by Gasteiger charge is 2.24. The van der Waals surface area contributed by atoms with Crippen molar-refractivity contribution in [3.8, 4) is 11.5 Å². The summed E-state index contributed by atoms with van der Waals surface area (Å²) in [4.78, 5) is 28.4. The summed E-state index contributed by atoms with van der Waals surface area (Å²) in [6.07, 6.45) is -0.0571. The van der Waals surface area contributed by atoms with Crippen LogP contribution in [0.3, 0.4) is 0 Å². The van der Waals surface area contributed by atoms with E-state index in [4.69, 9.17) is 10.5 Å². The minimum absolute atomic E-state index is 0.0571. The predicted octanol–water partition coefficient (Wildman–Crippen LogP) is 2.96. The molecule has 0 atom stereocenters.